The maximum absolute atomic E-state index is 15.9. The van der Waals surface area contributed by atoms with Crippen molar-refractivity contribution in [3.63, 3.8) is 0 Å². The van der Waals surface area contributed by atoms with Crippen molar-refractivity contribution < 1.29 is 37.8 Å². The van der Waals surface area contributed by atoms with Crippen molar-refractivity contribution in [1.29, 1.82) is 0 Å². The molecule has 15 nitrogen and oxygen atoms in total. The Morgan fingerprint density at radius 1 is 0.726 bits per heavy atom. The van der Waals surface area contributed by atoms with Gasteiger partial charge in [0.1, 0.15) is 29.5 Å². The number of halogens is 1. The number of carbonyl (C=O) groups is 4. The lowest BCUT2D eigenvalue weighted by Crippen LogP contribution is -2.53. The fourth-order valence-corrected chi connectivity index (χ4v) is 9.11. The Bertz CT molecular complexity index is 2440. The number of aromatic nitrogens is 4. The number of carbonyl (C=O) groups excluding carboxylic acids is 4. The summed E-state index contributed by atoms with van der Waals surface area (Å²) < 4.78 is 31.1. The first-order valence-electron chi connectivity index (χ1n) is 21.3. The van der Waals surface area contributed by atoms with Crippen LogP contribution in [0.25, 0.3) is 44.4 Å². The van der Waals surface area contributed by atoms with E-state index in [-0.39, 0.29) is 41.6 Å². The van der Waals surface area contributed by atoms with Crippen LogP contribution in [0.15, 0.2) is 67.0 Å². The van der Waals surface area contributed by atoms with Crippen LogP contribution in [0, 0.1) is 17.7 Å². The van der Waals surface area contributed by atoms with E-state index in [0.29, 0.717) is 74.0 Å². The fourth-order valence-electron chi connectivity index (χ4n) is 9.11. The lowest BCUT2D eigenvalue weighted by atomic mass is 9.90. The summed E-state index contributed by atoms with van der Waals surface area (Å²) in [5, 5.41) is 7.37. The quantitative estimate of drug-likeness (QED) is 0.106. The highest BCUT2D eigenvalue weighted by Gasteiger charge is 2.41. The lowest BCUT2D eigenvalue weighted by molar-refractivity contribution is -0.137. The molecule has 3 aliphatic heterocycles. The van der Waals surface area contributed by atoms with Crippen LogP contribution >= 0.6 is 0 Å². The van der Waals surface area contributed by atoms with Crippen LogP contribution in [0.5, 0.6) is 0 Å². The number of nitrogens with zero attached hydrogens (tertiary/aromatic N) is 4. The number of hydrogen-bond donors (Lipinski definition) is 4. The second-order valence-corrected chi connectivity index (χ2v) is 16.6. The number of ether oxygens (including phenoxy) is 3. The summed E-state index contributed by atoms with van der Waals surface area (Å²) in [4.78, 5) is 71.5. The van der Waals surface area contributed by atoms with Gasteiger partial charge in [-0.25, -0.2) is 23.9 Å². The van der Waals surface area contributed by atoms with Crippen LogP contribution in [0.1, 0.15) is 76.1 Å². The summed E-state index contributed by atoms with van der Waals surface area (Å²) >= 11 is 0. The highest BCUT2D eigenvalue weighted by Crippen LogP contribution is 2.37. The number of aromatic amines is 2. The molecule has 3 fully saturated rings. The SMILES string of the molecule is COC(=O)N[C@H](C(=O)N1CCC[C@H]1c1ncc(-c2ccc3cc(-c4ccc(-c5cnc([C@@H]6CCCN6C(=O)[C@@H](NC(=O)OC)C6CCOCC6)[nH]5)cc4F)ccc3c2)[nH]1)C(C)C. The third-order valence-electron chi connectivity index (χ3n) is 12.5. The highest BCUT2D eigenvalue weighted by atomic mass is 19.1. The van der Waals surface area contributed by atoms with Crippen LogP contribution < -0.4 is 10.6 Å². The molecule has 5 heterocycles. The zero-order valence-corrected chi connectivity index (χ0v) is 35.4. The summed E-state index contributed by atoms with van der Waals surface area (Å²) in [7, 11) is 2.56. The Labute approximate surface area is 359 Å². The summed E-state index contributed by atoms with van der Waals surface area (Å²) in [5.41, 5.74) is 4.18. The molecule has 4 N–H and O–H groups in total. The van der Waals surface area contributed by atoms with Gasteiger partial charge in [0.05, 0.1) is 50.1 Å². The molecule has 326 valence electrons. The number of nitrogens with one attached hydrogen (secondary N) is 4. The number of H-pyrrole nitrogens is 2. The molecule has 3 aromatic carbocycles. The molecule has 16 heteroatoms. The number of fused-ring (bicyclic) bond motifs is 1. The van der Waals surface area contributed by atoms with Crippen molar-refractivity contribution >= 4 is 34.8 Å². The predicted molar refractivity (Wildman–Crippen MR) is 229 cm³/mol. The molecule has 3 saturated heterocycles. The van der Waals surface area contributed by atoms with Crippen molar-refractivity contribution in [1.82, 2.24) is 40.4 Å². The molecule has 4 amide bonds. The summed E-state index contributed by atoms with van der Waals surface area (Å²) in [6.45, 7) is 5.93. The van der Waals surface area contributed by atoms with Crippen LogP contribution in [0.4, 0.5) is 14.0 Å². The van der Waals surface area contributed by atoms with E-state index in [0.717, 1.165) is 46.9 Å². The van der Waals surface area contributed by atoms with E-state index in [1.165, 1.54) is 20.3 Å². The Morgan fingerprint density at radius 3 is 1.84 bits per heavy atom. The Balaban J connectivity index is 0.953. The van der Waals surface area contributed by atoms with Crippen molar-refractivity contribution in [2.75, 3.05) is 40.5 Å². The van der Waals surface area contributed by atoms with Gasteiger partial charge in [0.15, 0.2) is 0 Å². The second-order valence-electron chi connectivity index (χ2n) is 16.6. The van der Waals surface area contributed by atoms with Gasteiger partial charge in [0.25, 0.3) is 0 Å². The van der Waals surface area contributed by atoms with Crippen LogP contribution in [-0.2, 0) is 23.8 Å². The Kier molecular flexibility index (Phi) is 12.6. The van der Waals surface area contributed by atoms with Gasteiger partial charge in [-0.2, -0.15) is 0 Å². The number of alkyl carbamates (subject to hydrolysis) is 2. The van der Waals surface area contributed by atoms with E-state index in [2.05, 4.69) is 36.6 Å². The zero-order chi connectivity index (χ0) is 43.5. The van der Waals surface area contributed by atoms with E-state index in [1.807, 2.05) is 50.2 Å². The van der Waals surface area contributed by atoms with Gasteiger partial charge in [0.2, 0.25) is 11.8 Å². The molecule has 2 aromatic heterocycles. The number of imidazole rings is 2. The Hall–Kier alpha value is -6.29. The first-order valence-corrected chi connectivity index (χ1v) is 21.3. The normalized spacial score (nSPS) is 19.1. The van der Waals surface area contributed by atoms with Crippen LogP contribution in [-0.4, -0.2) is 106 Å². The number of likely N-dealkylation sites (tertiary alicyclic amines) is 2. The average Bonchev–Trinajstić information content (AvgIpc) is 4.14. The van der Waals surface area contributed by atoms with Gasteiger partial charge < -0.3 is 44.6 Å². The van der Waals surface area contributed by atoms with Crippen molar-refractivity contribution in [2.45, 2.75) is 76.5 Å². The molecule has 0 saturated carbocycles. The van der Waals surface area contributed by atoms with E-state index in [1.54, 1.807) is 28.3 Å². The molecule has 0 unspecified atom stereocenters. The van der Waals surface area contributed by atoms with Gasteiger partial charge in [-0.1, -0.05) is 50.2 Å². The molecule has 0 aliphatic carbocycles. The summed E-state index contributed by atoms with van der Waals surface area (Å²) in [5.74, 6) is 0.379. The second kappa shape index (κ2) is 18.4. The predicted octanol–water partition coefficient (Wildman–Crippen LogP) is 7.28. The maximum Gasteiger partial charge on any atom is 0.407 e. The smallest absolute Gasteiger partial charge is 0.407 e. The minimum Gasteiger partial charge on any atom is -0.453 e. The summed E-state index contributed by atoms with van der Waals surface area (Å²) in [6, 6.07) is 15.0. The number of amides is 4. The number of benzene rings is 3. The topological polar surface area (TPSA) is 184 Å². The van der Waals surface area contributed by atoms with Crippen molar-refractivity contribution in [3.8, 4) is 33.6 Å². The molecule has 0 spiro atoms. The summed E-state index contributed by atoms with van der Waals surface area (Å²) in [6.07, 6.45) is 6.53. The minimum absolute atomic E-state index is 0.0700. The average molecular weight is 849 g/mol. The highest BCUT2D eigenvalue weighted by molar-refractivity contribution is 5.91. The molecule has 3 aliphatic rings. The molecule has 62 heavy (non-hydrogen) atoms. The van der Waals surface area contributed by atoms with E-state index in [4.69, 9.17) is 14.2 Å². The molecular weight excluding hydrogens is 796 g/mol. The maximum atomic E-state index is 15.9. The number of hydrogen-bond acceptors (Lipinski definition) is 9. The van der Waals surface area contributed by atoms with E-state index >= 15 is 4.39 Å². The first-order chi connectivity index (χ1) is 30.0. The molecule has 8 rings (SSSR count). The molecular formula is C46H53FN8O7. The van der Waals surface area contributed by atoms with Gasteiger partial charge in [-0.3, -0.25) is 9.59 Å². The first kappa shape index (κ1) is 42.4. The Morgan fingerprint density at radius 2 is 1.26 bits per heavy atom. The van der Waals surface area contributed by atoms with Gasteiger partial charge >= 0.3 is 12.2 Å². The fraction of sp³-hybridized carbons (Fsp3) is 0.435. The van der Waals surface area contributed by atoms with E-state index < -0.39 is 24.3 Å². The van der Waals surface area contributed by atoms with Crippen molar-refractivity contribution in [2.24, 2.45) is 11.8 Å². The molecule has 5 aromatic rings. The van der Waals surface area contributed by atoms with Crippen molar-refractivity contribution in [3.05, 3.63) is 84.5 Å². The van der Waals surface area contributed by atoms with Crippen LogP contribution in [0.2, 0.25) is 0 Å². The zero-order valence-electron chi connectivity index (χ0n) is 35.4. The van der Waals surface area contributed by atoms with Gasteiger partial charge in [-0.05, 0) is 84.9 Å². The lowest BCUT2D eigenvalue weighted by Gasteiger charge is -2.34. The molecule has 0 bridgehead atoms. The monoisotopic (exact) mass is 848 g/mol. The number of rotatable bonds is 11. The van der Waals surface area contributed by atoms with Gasteiger partial charge in [0, 0.05) is 43.0 Å². The standard InChI is InChI=1S/C46H53FN8O7/c1-26(2)39(52-45(58)60-3)43(56)54-17-5-7-37(54)41-48-24-35(50-41)31-12-10-28-21-30(11-9-29(28)22-31)33-14-13-32(23-34(33)47)36-25-49-42(51-36)38-8-6-18-55(38)44(57)40(53-46(59)61-4)27-15-19-62-20-16-27/h9-14,21-27,37-40H,5-8,15-20H2,1-4H3,(H,48,50)(H,49,51)(H,52,58)(H,53,59)/t37-,38-,39-,40-/m0/s1. The minimum atomic E-state index is -0.735. The number of methoxy groups -OCH3 is 2. The third-order valence-corrected chi connectivity index (χ3v) is 12.5. The van der Waals surface area contributed by atoms with Crippen LogP contribution in [0.3, 0.4) is 0 Å². The molecule has 0 radical (unpaired) electrons. The van der Waals surface area contributed by atoms with E-state index in [9.17, 15) is 19.2 Å². The third kappa shape index (κ3) is 8.73. The molecule has 4 atom stereocenters. The van der Waals surface area contributed by atoms with Gasteiger partial charge in [-0.15, -0.1) is 0 Å². The largest absolute Gasteiger partial charge is 0.453 e.